The molecule has 1 aliphatic carbocycles. The van der Waals surface area contributed by atoms with Crippen LogP contribution < -0.4 is 11.1 Å². The molecule has 0 fully saturated rings. The van der Waals surface area contributed by atoms with Gasteiger partial charge in [-0.1, -0.05) is 67.4 Å². The number of para-hydroxylation sites is 1. The van der Waals surface area contributed by atoms with E-state index in [9.17, 15) is 14.4 Å². The van der Waals surface area contributed by atoms with Gasteiger partial charge in [-0.2, -0.15) is 0 Å². The van der Waals surface area contributed by atoms with E-state index < -0.39 is 29.9 Å². The topological polar surface area (TPSA) is 111 Å². The van der Waals surface area contributed by atoms with Crippen molar-refractivity contribution in [2.24, 2.45) is 11.7 Å². The van der Waals surface area contributed by atoms with Gasteiger partial charge >= 0.3 is 12.0 Å². The van der Waals surface area contributed by atoms with Crippen LogP contribution in [0.5, 0.6) is 0 Å². The number of nitrogens with two attached hydrogens (primary N) is 1. The molecule has 3 amide bonds. The summed E-state index contributed by atoms with van der Waals surface area (Å²) in [5.41, 5.74) is 9.18. The summed E-state index contributed by atoms with van der Waals surface area (Å²) in [6.07, 6.45) is 2.88. The van der Waals surface area contributed by atoms with E-state index in [4.69, 9.17) is 38.7 Å². The van der Waals surface area contributed by atoms with Gasteiger partial charge < -0.3 is 10.5 Å². The molecule has 1 atom stereocenters. The largest absolute Gasteiger partial charge is 0.448 e. The van der Waals surface area contributed by atoms with Crippen molar-refractivity contribution in [1.82, 2.24) is 10.3 Å². The van der Waals surface area contributed by atoms with E-state index in [1.165, 1.54) is 0 Å². The minimum atomic E-state index is -1.20. The van der Waals surface area contributed by atoms with E-state index in [1.807, 2.05) is 41.7 Å². The standard InChI is InChI=1S/C27H25Cl2N3O4/c1-14(2)24(25(33)32-27(30)35)36-26(34)21-17-9-3-4-12-20(17)31-23-16(8-5-10-18(21)23)13-15-7-6-11-19(28)22(15)29/h3-4,6-7,9,11-14,24H,5,8,10H2,1-2H3,(H3,30,32,33,35). The molecule has 3 aromatic rings. The van der Waals surface area contributed by atoms with Crippen LogP contribution in [-0.2, 0) is 16.0 Å². The van der Waals surface area contributed by atoms with Crippen LogP contribution in [0.3, 0.4) is 0 Å². The minimum Gasteiger partial charge on any atom is -0.448 e. The van der Waals surface area contributed by atoms with Gasteiger partial charge in [-0.15, -0.1) is 0 Å². The highest BCUT2D eigenvalue weighted by molar-refractivity contribution is 6.43. The molecule has 1 aromatic heterocycles. The second-order valence-corrected chi connectivity index (χ2v) is 9.71. The van der Waals surface area contributed by atoms with Crippen molar-refractivity contribution < 1.29 is 19.1 Å². The number of carbonyl (C=O) groups is 3. The quantitative estimate of drug-likeness (QED) is 0.409. The SMILES string of the molecule is CC(C)C(OC(=O)c1c2c(nc3ccccc13)C(=Cc1cccc(Cl)c1Cl)CCC2)C(=O)NC(N)=O. The second-order valence-electron chi connectivity index (χ2n) is 8.92. The second kappa shape index (κ2) is 10.7. The molecule has 0 saturated carbocycles. The Bertz CT molecular complexity index is 1400. The van der Waals surface area contributed by atoms with Crippen molar-refractivity contribution in [3.8, 4) is 0 Å². The van der Waals surface area contributed by atoms with Crippen molar-refractivity contribution in [2.75, 3.05) is 0 Å². The fourth-order valence-corrected chi connectivity index (χ4v) is 4.75. The lowest BCUT2D eigenvalue weighted by Gasteiger charge is -2.25. The number of nitrogens with one attached hydrogen (secondary N) is 1. The smallest absolute Gasteiger partial charge is 0.339 e. The maximum atomic E-state index is 13.6. The van der Waals surface area contributed by atoms with Crippen LogP contribution in [0.15, 0.2) is 42.5 Å². The fourth-order valence-electron chi connectivity index (χ4n) is 4.39. The highest BCUT2D eigenvalue weighted by Crippen LogP contribution is 2.38. The Morgan fingerprint density at radius 2 is 1.83 bits per heavy atom. The molecule has 0 saturated heterocycles. The van der Waals surface area contributed by atoms with Gasteiger partial charge in [0.2, 0.25) is 0 Å². The summed E-state index contributed by atoms with van der Waals surface area (Å²) in [7, 11) is 0. The summed E-state index contributed by atoms with van der Waals surface area (Å²) in [5.74, 6) is -1.82. The predicted molar refractivity (Wildman–Crippen MR) is 141 cm³/mol. The Balaban J connectivity index is 1.84. The van der Waals surface area contributed by atoms with Crippen molar-refractivity contribution in [2.45, 2.75) is 39.2 Å². The number of benzene rings is 2. The van der Waals surface area contributed by atoms with E-state index in [0.717, 1.165) is 29.5 Å². The van der Waals surface area contributed by atoms with Crippen LogP contribution in [0.1, 0.15) is 53.9 Å². The average Bonchev–Trinajstić information content (AvgIpc) is 2.83. The van der Waals surface area contributed by atoms with Gasteiger partial charge in [-0.3, -0.25) is 10.1 Å². The third kappa shape index (κ3) is 5.22. The number of carbonyl (C=O) groups excluding carboxylic acids is 3. The molecule has 3 N–H and O–H groups in total. The molecule has 1 unspecified atom stereocenters. The normalized spacial score (nSPS) is 15.0. The van der Waals surface area contributed by atoms with E-state index in [2.05, 4.69) is 0 Å². The van der Waals surface area contributed by atoms with Gasteiger partial charge in [-0.25, -0.2) is 14.6 Å². The molecule has 1 aliphatic rings. The molecular formula is C27H25Cl2N3O4. The zero-order valence-corrected chi connectivity index (χ0v) is 21.3. The molecule has 0 aliphatic heterocycles. The van der Waals surface area contributed by atoms with E-state index >= 15 is 0 Å². The van der Waals surface area contributed by atoms with Crippen molar-refractivity contribution >= 4 is 63.7 Å². The van der Waals surface area contributed by atoms with Crippen molar-refractivity contribution in [3.63, 3.8) is 0 Å². The van der Waals surface area contributed by atoms with Gasteiger partial charge in [-0.05, 0) is 60.1 Å². The number of ether oxygens (including phenoxy) is 1. The molecule has 2 aromatic carbocycles. The summed E-state index contributed by atoms with van der Waals surface area (Å²) < 4.78 is 5.68. The van der Waals surface area contributed by atoms with E-state index in [-0.39, 0.29) is 0 Å². The molecule has 186 valence electrons. The first-order chi connectivity index (χ1) is 17.2. The summed E-state index contributed by atoms with van der Waals surface area (Å²) in [4.78, 5) is 42.2. The Hall–Kier alpha value is -3.42. The first-order valence-electron chi connectivity index (χ1n) is 11.5. The number of imide groups is 1. The lowest BCUT2D eigenvalue weighted by Crippen LogP contribution is -2.45. The maximum Gasteiger partial charge on any atom is 0.339 e. The number of pyridine rings is 1. The molecule has 1 heterocycles. The summed E-state index contributed by atoms with van der Waals surface area (Å²) in [5, 5.41) is 3.52. The Labute approximate surface area is 218 Å². The van der Waals surface area contributed by atoms with Gasteiger partial charge in [0.15, 0.2) is 6.10 Å². The molecular weight excluding hydrogens is 501 g/mol. The molecule has 9 heteroatoms. The third-order valence-electron chi connectivity index (χ3n) is 6.03. The number of allylic oxidation sites excluding steroid dienone is 1. The summed E-state index contributed by atoms with van der Waals surface area (Å²) >= 11 is 12.6. The molecule has 7 nitrogen and oxygen atoms in total. The predicted octanol–water partition coefficient (Wildman–Crippen LogP) is 5.79. The number of rotatable bonds is 5. The Morgan fingerprint density at radius 3 is 2.56 bits per heavy atom. The number of aromatic nitrogens is 1. The minimum absolute atomic E-state index is 0.357. The van der Waals surface area contributed by atoms with Crippen LogP contribution in [0.4, 0.5) is 4.79 Å². The number of amides is 3. The first kappa shape index (κ1) is 25.7. The van der Waals surface area contributed by atoms with Gasteiger partial charge in [0.1, 0.15) is 0 Å². The number of urea groups is 1. The van der Waals surface area contributed by atoms with Gasteiger partial charge in [0, 0.05) is 5.39 Å². The van der Waals surface area contributed by atoms with E-state index in [0.29, 0.717) is 38.6 Å². The number of hydrogen-bond acceptors (Lipinski definition) is 5. The average molecular weight is 526 g/mol. The van der Waals surface area contributed by atoms with Crippen LogP contribution in [0.25, 0.3) is 22.6 Å². The molecule has 0 radical (unpaired) electrons. The third-order valence-corrected chi connectivity index (χ3v) is 6.86. The number of esters is 1. The van der Waals surface area contributed by atoms with Crippen LogP contribution >= 0.6 is 23.2 Å². The van der Waals surface area contributed by atoms with Gasteiger partial charge in [0.05, 0.1) is 26.8 Å². The van der Waals surface area contributed by atoms with Crippen LogP contribution in [-0.4, -0.2) is 29.0 Å². The number of halogens is 2. The highest BCUT2D eigenvalue weighted by atomic mass is 35.5. The lowest BCUT2D eigenvalue weighted by molar-refractivity contribution is -0.130. The van der Waals surface area contributed by atoms with Gasteiger partial charge in [0.25, 0.3) is 5.91 Å². The first-order valence-corrected chi connectivity index (χ1v) is 12.3. The van der Waals surface area contributed by atoms with Crippen molar-refractivity contribution in [3.05, 3.63) is 74.9 Å². The monoisotopic (exact) mass is 525 g/mol. The molecule has 0 spiro atoms. The lowest BCUT2D eigenvalue weighted by atomic mass is 9.86. The maximum absolute atomic E-state index is 13.6. The number of fused-ring (bicyclic) bond motifs is 2. The van der Waals surface area contributed by atoms with Crippen molar-refractivity contribution in [1.29, 1.82) is 0 Å². The van der Waals surface area contributed by atoms with E-state index in [1.54, 1.807) is 26.0 Å². The summed E-state index contributed by atoms with van der Waals surface area (Å²) in [6.45, 7) is 3.43. The summed E-state index contributed by atoms with van der Waals surface area (Å²) in [6, 6.07) is 11.7. The zero-order valence-electron chi connectivity index (χ0n) is 19.8. The zero-order chi connectivity index (χ0) is 26.0. The Morgan fingerprint density at radius 1 is 1.08 bits per heavy atom. The number of nitrogens with zero attached hydrogens (tertiary/aromatic N) is 1. The van der Waals surface area contributed by atoms with Crippen LogP contribution in [0, 0.1) is 5.92 Å². The molecule has 0 bridgehead atoms. The molecule has 36 heavy (non-hydrogen) atoms. The number of hydrogen-bond donors (Lipinski definition) is 2. The number of primary amides is 1. The molecule has 4 rings (SSSR count). The van der Waals surface area contributed by atoms with Crippen LogP contribution in [0.2, 0.25) is 10.0 Å². The Kier molecular flexibility index (Phi) is 7.62. The highest BCUT2D eigenvalue weighted by Gasteiger charge is 2.31. The fraction of sp³-hybridized carbons (Fsp3) is 0.259.